The molecule has 2 aliphatic rings. The van der Waals surface area contributed by atoms with Crippen molar-refractivity contribution in [2.45, 2.75) is 12.5 Å². The third kappa shape index (κ3) is 0.751. The van der Waals surface area contributed by atoms with E-state index in [0.717, 1.165) is 12.5 Å². The molecule has 10 heavy (non-hydrogen) atoms. The molecule has 1 heterocycles. The summed E-state index contributed by atoms with van der Waals surface area (Å²) in [6, 6.07) is -0.143. The Labute approximate surface area is 58.1 Å². The average molecular weight is 143 g/mol. The highest BCUT2D eigenvalue weighted by Gasteiger charge is 2.50. The molecule has 4 heteroatoms. The topological polar surface area (TPSA) is 47.6 Å². The number of rotatable bonds is 1. The SMILES string of the molecule is NC1=NC(CF)C2C[C]2O1. The third-order valence-electron chi connectivity index (χ3n) is 1.83. The van der Waals surface area contributed by atoms with E-state index in [1.54, 1.807) is 0 Å². The Hall–Kier alpha value is -0.800. The van der Waals surface area contributed by atoms with Crippen LogP contribution in [0.1, 0.15) is 6.42 Å². The van der Waals surface area contributed by atoms with Crippen LogP contribution < -0.4 is 5.73 Å². The van der Waals surface area contributed by atoms with E-state index in [9.17, 15) is 4.39 Å². The largest absolute Gasteiger partial charge is 0.454 e. The van der Waals surface area contributed by atoms with Gasteiger partial charge in [0.2, 0.25) is 0 Å². The predicted molar refractivity (Wildman–Crippen MR) is 33.8 cm³/mol. The second kappa shape index (κ2) is 1.84. The first kappa shape index (κ1) is 5.95. The van der Waals surface area contributed by atoms with Gasteiger partial charge in [-0.25, -0.2) is 9.38 Å². The van der Waals surface area contributed by atoms with Gasteiger partial charge >= 0.3 is 0 Å². The molecule has 0 aromatic carbocycles. The molecule has 2 unspecified atom stereocenters. The van der Waals surface area contributed by atoms with E-state index in [4.69, 9.17) is 10.5 Å². The van der Waals surface area contributed by atoms with Gasteiger partial charge in [0, 0.05) is 12.3 Å². The Kier molecular flexibility index (Phi) is 1.09. The summed E-state index contributed by atoms with van der Waals surface area (Å²) in [6.07, 6.45) is 1.73. The monoisotopic (exact) mass is 143 g/mol. The first-order chi connectivity index (χ1) is 4.81. The van der Waals surface area contributed by atoms with Crippen LogP contribution in [0.3, 0.4) is 0 Å². The molecule has 0 aromatic rings. The highest BCUT2D eigenvalue weighted by atomic mass is 19.1. The molecule has 1 fully saturated rings. The lowest BCUT2D eigenvalue weighted by atomic mass is 10.2. The molecule has 1 aliphatic heterocycles. The Morgan fingerprint density at radius 1 is 1.80 bits per heavy atom. The van der Waals surface area contributed by atoms with Gasteiger partial charge in [0.05, 0.1) is 6.04 Å². The Bertz CT molecular complexity index is 183. The van der Waals surface area contributed by atoms with Crippen LogP contribution in [0.4, 0.5) is 4.39 Å². The lowest BCUT2D eigenvalue weighted by Crippen LogP contribution is -2.26. The van der Waals surface area contributed by atoms with E-state index >= 15 is 0 Å². The third-order valence-corrected chi connectivity index (χ3v) is 1.83. The van der Waals surface area contributed by atoms with Crippen molar-refractivity contribution in [1.82, 2.24) is 0 Å². The number of nitrogens with two attached hydrogens (primary N) is 1. The Morgan fingerprint density at radius 3 is 3.30 bits per heavy atom. The van der Waals surface area contributed by atoms with Gasteiger partial charge in [-0.15, -0.1) is 0 Å². The summed E-state index contributed by atoms with van der Waals surface area (Å²) in [7, 11) is 0. The zero-order valence-electron chi connectivity index (χ0n) is 5.38. The highest BCUT2D eigenvalue weighted by molar-refractivity contribution is 5.74. The van der Waals surface area contributed by atoms with Crippen molar-refractivity contribution in [2.75, 3.05) is 6.67 Å². The summed E-state index contributed by atoms with van der Waals surface area (Å²) in [5.41, 5.74) is 5.26. The molecular formula is C6H8FN2O. The maximum absolute atomic E-state index is 12.1. The molecule has 2 atom stereocenters. The normalized spacial score (nSPS) is 37.9. The minimum Gasteiger partial charge on any atom is -0.454 e. The van der Waals surface area contributed by atoms with Gasteiger partial charge in [0.1, 0.15) is 6.67 Å². The van der Waals surface area contributed by atoms with Gasteiger partial charge in [-0.05, 0) is 0 Å². The van der Waals surface area contributed by atoms with Crippen LogP contribution >= 0.6 is 0 Å². The van der Waals surface area contributed by atoms with Crippen LogP contribution in [-0.2, 0) is 4.74 Å². The summed E-state index contributed by atoms with van der Waals surface area (Å²) >= 11 is 0. The fourth-order valence-corrected chi connectivity index (χ4v) is 1.18. The Balaban J connectivity index is 2.11. The maximum Gasteiger partial charge on any atom is 0.283 e. The summed E-state index contributed by atoms with van der Waals surface area (Å²) in [5, 5.41) is 0. The van der Waals surface area contributed by atoms with Gasteiger partial charge < -0.3 is 10.5 Å². The molecule has 2 rings (SSSR count). The molecule has 1 aliphatic carbocycles. The minimum absolute atomic E-state index is 0.117. The van der Waals surface area contributed by atoms with Gasteiger partial charge in [-0.2, -0.15) is 0 Å². The fourth-order valence-electron chi connectivity index (χ4n) is 1.18. The second-order valence-corrected chi connectivity index (χ2v) is 2.57. The predicted octanol–water partition coefficient (Wildman–Crippen LogP) is 0.221. The lowest BCUT2D eigenvalue weighted by Gasteiger charge is -2.14. The molecule has 0 spiro atoms. The standard InChI is InChI=1S/C6H8FN2O/c7-2-4-3-1-5(3)10-6(8)9-4/h3-4H,1-2H2,(H2,8,9). The molecule has 0 amide bonds. The molecule has 55 valence electrons. The van der Waals surface area contributed by atoms with E-state index in [0.29, 0.717) is 0 Å². The first-order valence-corrected chi connectivity index (χ1v) is 3.24. The number of nitrogens with zero attached hydrogens (tertiary/aromatic N) is 1. The molecular weight excluding hydrogens is 135 g/mol. The van der Waals surface area contributed by atoms with Crippen molar-refractivity contribution in [3.05, 3.63) is 6.10 Å². The minimum atomic E-state index is -0.432. The summed E-state index contributed by atoms with van der Waals surface area (Å²) < 4.78 is 17.1. The van der Waals surface area contributed by atoms with E-state index in [2.05, 4.69) is 4.99 Å². The molecule has 2 N–H and O–H groups in total. The van der Waals surface area contributed by atoms with Crippen molar-refractivity contribution in [3.63, 3.8) is 0 Å². The van der Waals surface area contributed by atoms with Gasteiger partial charge in [0.25, 0.3) is 6.02 Å². The lowest BCUT2D eigenvalue weighted by molar-refractivity contribution is 0.297. The highest BCUT2D eigenvalue weighted by Crippen LogP contribution is 2.47. The molecule has 3 nitrogen and oxygen atoms in total. The molecule has 1 saturated carbocycles. The van der Waals surface area contributed by atoms with Crippen molar-refractivity contribution in [3.8, 4) is 0 Å². The number of ether oxygens (including phenoxy) is 1. The van der Waals surface area contributed by atoms with E-state index < -0.39 is 6.67 Å². The van der Waals surface area contributed by atoms with E-state index in [1.165, 1.54) is 0 Å². The molecule has 0 bridgehead atoms. The van der Waals surface area contributed by atoms with Crippen LogP contribution in [0, 0.1) is 12.0 Å². The van der Waals surface area contributed by atoms with Gasteiger partial charge in [-0.3, -0.25) is 0 Å². The van der Waals surface area contributed by atoms with Crippen molar-refractivity contribution >= 4 is 6.02 Å². The fraction of sp³-hybridized carbons (Fsp3) is 0.667. The quantitative estimate of drug-likeness (QED) is 0.570. The number of alkyl halides is 1. The van der Waals surface area contributed by atoms with E-state index in [-0.39, 0.29) is 18.0 Å². The maximum atomic E-state index is 12.1. The van der Waals surface area contributed by atoms with Gasteiger partial charge in [0.15, 0.2) is 6.10 Å². The Morgan fingerprint density at radius 2 is 2.60 bits per heavy atom. The first-order valence-electron chi connectivity index (χ1n) is 3.24. The van der Waals surface area contributed by atoms with Crippen LogP contribution in [-0.4, -0.2) is 18.7 Å². The van der Waals surface area contributed by atoms with Crippen LogP contribution in [0.5, 0.6) is 0 Å². The van der Waals surface area contributed by atoms with E-state index in [1.807, 2.05) is 0 Å². The van der Waals surface area contributed by atoms with Crippen LogP contribution in [0.15, 0.2) is 4.99 Å². The van der Waals surface area contributed by atoms with Crippen molar-refractivity contribution in [1.29, 1.82) is 0 Å². The summed E-state index contributed by atoms with van der Waals surface area (Å²) in [6.45, 7) is -0.432. The number of amidine groups is 1. The number of halogens is 1. The zero-order chi connectivity index (χ0) is 7.14. The smallest absolute Gasteiger partial charge is 0.283 e. The van der Waals surface area contributed by atoms with Crippen molar-refractivity contribution in [2.24, 2.45) is 16.6 Å². The number of hydrogen-bond acceptors (Lipinski definition) is 3. The molecule has 1 radical (unpaired) electrons. The van der Waals surface area contributed by atoms with Crippen LogP contribution in [0.2, 0.25) is 0 Å². The van der Waals surface area contributed by atoms with Crippen molar-refractivity contribution < 1.29 is 9.13 Å². The molecule has 0 aromatic heterocycles. The number of aliphatic imine (C=N–C) groups is 1. The van der Waals surface area contributed by atoms with Gasteiger partial charge in [-0.1, -0.05) is 0 Å². The zero-order valence-corrected chi connectivity index (χ0v) is 5.38. The second-order valence-electron chi connectivity index (χ2n) is 2.57. The number of hydrogen-bond donors (Lipinski definition) is 1. The van der Waals surface area contributed by atoms with Crippen LogP contribution in [0.25, 0.3) is 0 Å². The summed E-state index contributed by atoms with van der Waals surface area (Å²) in [4.78, 5) is 3.80. The number of fused-ring (bicyclic) bond motifs is 1. The molecule has 0 saturated heterocycles. The average Bonchev–Trinajstić information content (AvgIpc) is 2.64. The summed E-state index contributed by atoms with van der Waals surface area (Å²) in [5.74, 6) is 0.220.